The van der Waals surface area contributed by atoms with Crippen molar-refractivity contribution in [2.24, 2.45) is 16.7 Å². The number of aromatic nitrogens is 1. The van der Waals surface area contributed by atoms with Crippen LogP contribution >= 0.6 is 23.1 Å². The van der Waals surface area contributed by atoms with E-state index in [1.54, 1.807) is 11.3 Å². The van der Waals surface area contributed by atoms with Gasteiger partial charge in [-0.05, 0) is 61.5 Å². The van der Waals surface area contributed by atoms with E-state index in [9.17, 15) is 9.90 Å². The van der Waals surface area contributed by atoms with Gasteiger partial charge < -0.3 is 5.11 Å². The van der Waals surface area contributed by atoms with Gasteiger partial charge in [-0.25, -0.2) is 0 Å². The first-order chi connectivity index (χ1) is 24.1. The minimum Gasteiger partial charge on any atom is -0.512 e. The van der Waals surface area contributed by atoms with Crippen molar-refractivity contribution in [1.82, 2.24) is 4.98 Å². The molecule has 0 amide bonds. The van der Waals surface area contributed by atoms with E-state index in [2.05, 4.69) is 107 Å². The largest absolute Gasteiger partial charge is 0.512 e. The number of benzene rings is 2. The number of hydrogen-bond acceptors (Lipinski definition) is 5. The van der Waals surface area contributed by atoms with Gasteiger partial charge in [-0.2, -0.15) is 0 Å². The number of carbonyl (C=O) groups is 1. The number of allylic oxidation sites excluding steroid dienone is 6. The van der Waals surface area contributed by atoms with Crippen LogP contribution in [0.3, 0.4) is 0 Å². The first kappa shape index (κ1) is 42.0. The second kappa shape index (κ2) is 16.7. The second-order valence-corrected chi connectivity index (χ2v) is 17.9. The number of ketones is 1. The summed E-state index contributed by atoms with van der Waals surface area (Å²) in [5, 5.41) is 16.6. The standard InChI is InChI=1S/C31H28NS2.C15H28O2.Ir/c1-18-17-33-30-28(18)24(29-19(2)22-11-8-9-13-27(22)34-29)16-26(32-30)21-14-20-10-6-7-12-23(20)25(15-21)31(3,4)5;1-7-14(5,8-2)12(16)11-13(17)15(6,9-3)10-4;/h6-13,15-17,22,27H,1-5H3;11,16H,7-10H2,1-6H3;/q-1;;/b;12-11-;. The SMILES string of the molecule is CC1=C(c2cc(-c3[c-]c4ccccc4c(C(C)(C)C)c3)nc3scc(C)c23)SC2C=CC=CC12.CCC(C)(CC)C(=O)/C=C(\O)C(C)(CC)CC.[Ir]. The summed E-state index contributed by atoms with van der Waals surface area (Å²) >= 11 is 3.76. The Morgan fingerprint density at radius 1 is 0.923 bits per heavy atom. The minimum absolute atomic E-state index is 0. The number of aliphatic hydroxyl groups is 1. The Bertz CT molecular complexity index is 2050. The maximum absolute atomic E-state index is 12.2. The van der Waals surface area contributed by atoms with Crippen LogP contribution < -0.4 is 0 Å². The summed E-state index contributed by atoms with van der Waals surface area (Å²) in [5.41, 5.74) is 6.98. The van der Waals surface area contributed by atoms with Crippen LogP contribution in [0.5, 0.6) is 0 Å². The van der Waals surface area contributed by atoms with Crippen LogP contribution in [-0.4, -0.2) is 21.1 Å². The minimum atomic E-state index is -0.337. The fraction of sp³-hybridized carbons (Fsp3) is 0.435. The number of aryl methyl sites for hydroxylation is 1. The fourth-order valence-electron chi connectivity index (χ4n) is 6.93. The molecule has 1 aliphatic carbocycles. The van der Waals surface area contributed by atoms with Gasteiger partial charge in [0.15, 0.2) is 5.78 Å². The van der Waals surface area contributed by atoms with E-state index >= 15 is 0 Å². The van der Waals surface area contributed by atoms with E-state index in [1.807, 2.05) is 53.3 Å². The third kappa shape index (κ3) is 8.31. The molecule has 3 nitrogen and oxygen atoms in total. The van der Waals surface area contributed by atoms with Crippen LogP contribution in [0.2, 0.25) is 0 Å². The summed E-state index contributed by atoms with van der Waals surface area (Å²) in [5.74, 6) is 0.768. The molecule has 0 spiro atoms. The molecule has 6 rings (SSSR count). The molecule has 1 N–H and O–H groups in total. The average Bonchev–Trinajstić information content (AvgIpc) is 3.68. The topological polar surface area (TPSA) is 50.2 Å². The first-order valence-electron chi connectivity index (χ1n) is 18.6. The second-order valence-electron chi connectivity index (χ2n) is 15.9. The maximum atomic E-state index is 12.2. The van der Waals surface area contributed by atoms with Crippen LogP contribution in [0.4, 0.5) is 0 Å². The van der Waals surface area contributed by atoms with Crippen molar-refractivity contribution < 1.29 is 30.0 Å². The normalized spacial score (nSPS) is 17.6. The van der Waals surface area contributed by atoms with Crippen molar-refractivity contribution >= 4 is 54.8 Å². The summed E-state index contributed by atoms with van der Waals surface area (Å²) in [6, 6.07) is 17.0. The first-order valence-corrected chi connectivity index (χ1v) is 20.4. The van der Waals surface area contributed by atoms with Gasteiger partial charge >= 0.3 is 0 Å². The van der Waals surface area contributed by atoms with E-state index in [-0.39, 0.29) is 47.9 Å². The summed E-state index contributed by atoms with van der Waals surface area (Å²) in [6.45, 7) is 23.5. The van der Waals surface area contributed by atoms with Crippen LogP contribution in [0.25, 0.3) is 37.2 Å². The molecule has 2 unspecified atom stereocenters. The summed E-state index contributed by atoms with van der Waals surface area (Å²) in [7, 11) is 0. The van der Waals surface area contributed by atoms with Crippen LogP contribution in [0.1, 0.15) is 112 Å². The molecule has 0 fully saturated rings. The number of fused-ring (bicyclic) bond motifs is 3. The van der Waals surface area contributed by atoms with E-state index in [4.69, 9.17) is 4.98 Å². The molecule has 2 atom stereocenters. The van der Waals surface area contributed by atoms with E-state index in [1.165, 1.54) is 44.0 Å². The zero-order valence-corrected chi connectivity index (χ0v) is 36.9. The number of carbonyl (C=O) groups excluding carboxylic acids is 1. The van der Waals surface area contributed by atoms with Crippen molar-refractivity contribution in [3.8, 4) is 11.3 Å². The summed E-state index contributed by atoms with van der Waals surface area (Å²) < 4.78 is 0. The van der Waals surface area contributed by atoms with E-state index < -0.39 is 0 Å². The molecule has 3 heterocycles. The predicted molar refractivity (Wildman–Crippen MR) is 224 cm³/mol. The van der Waals surface area contributed by atoms with Gasteiger partial charge in [-0.3, -0.25) is 9.78 Å². The number of aliphatic hydroxyl groups excluding tert-OH is 1. The smallest absolute Gasteiger partial charge is 0.164 e. The third-order valence-corrected chi connectivity index (χ3v) is 14.1. The number of thioether (sulfide) groups is 1. The molecule has 1 aliphatic heterocycles. The zero-order valence-electron chi connectivity index (χ0n) is 32.9. The molecule has 1 radical (unpaired) electrons. The Labute approximate surface area is 334 Å². The van der Waals surface area contributed by atoms with Gasteiger partial charge in [-0.15, -0.1) is 52.2 Å². The van der Waals surface area contributed by atoms with Crippen molar-refractivity contribution in [3.63, 3.8) is 0 Å². The molecule has 4 aromatic rings. The Morgan fingerprint density at radius 2 is 1.56 bits per heavy atom. The fourth-order valence-corrected chi connectivity index (χ4v) is 9.37. The van der Waals surface area contributed by atoms with Gasteiger partial charge in [0.05, 0.1) is 0 Å². The van der Waals surface area contributed by atoms with Gasteiger partial charge in [0, 0.05) is 64.2 Å². The van der Waals surface area contributed by atoms with Crippen LogP contribution in [0, 0.1) is 29.7 Å². The third-order valence-electron chi connectivity index (χ3n) is 11.6. The summed E-state index contributed by atoms with van der Waals surface area (Å²) in [4.78, 5) is 19.9. The Kier molecular flexibility index (Phi) is 13.5. The van der Waals surface area contributed by atoms with E-state index in [0.717, 1.165) is 47.2 Å². The average molecular weight is 911 g/mol. The monoisotopic (exact) mass is 911 g/mol. The van der Waals surface area contributed by atoms with Gasteiger partial charge in [0.1, 0.15) is 10.6 Å². The molecular formula is C46H56IrNO2S2-. The van der Waals surface area contributed by atoms with Crippen molar-refractivity contribution in [2.45, 2.75) is 113 Å². The molecular weight excluding hydrogens is 855 g/mol. The summed E-state index contributed by atoms with van der Waals surface area (Å²) in [6.07, 6.45) is 13.8. The zero-order chi connectivity index (χ0) is 37.3. The number of hydrogen-bond donors (Lipinski definition) is 1. The molecule has 279 valence electrons. The molecule has 52 heavy (non-hydrogen) atoms. The maximum Gasteiger partial charge on any atom is 0.164 e. The number of thiophene rings is 1. The predicted octanol–water partition coefficient (Wildman–Crippen LogP) is 13.8. The van der Waals surface area contributed by atoms with Crippen molar-refractivity contribution in [3.05, 3.63) is 106 Å². The van der Waals surface area contributed by atoms with Crippen LogP contribution in [-0.2, 0) is 30.3 Å². The molecule has 0 saturated heterocycles. The molecule has 0 saturated carbocycles. The van der Waals surface area contributed by atoms with Gasteiger partial charge in [0.2, 0.25) is 0 Å². The number of rotatable bonds is 9. The Morgan fingerprint density at radius 3 is 2.17 bits per heavy atom. The van der Waals surface area contributed by atoms with Crippen molar-refractivity contribution in [1.29, 1.82) is 0 Å². The molecule has 0 bridgehead atoms. The Hall–Kier alpha value is -2.76. The quantitative estimate of drug-likeness (QED) is 0.103. The van der Waals surface area contributed by atoms with Crippen molar-refractivity contribution in [2.75, 3.05) is 0 Å². The molecule has 2 aromatic heterocycles. The van der Waals surface area contributed by atoms with Crippen LogP contribution in [0.15, 0.2) is 83.5 Å². The Balaban J connectivity index is 0.000000289. The van der Waals surface area contributed by atoms with Gasteiger partial charge in [-0.1, -0.05) is 127 Å². The molecule has 6 heteroatoms. The molecule has 2 aliphatic rings. The molecule has 2 aromatic carbocycles. The number of nitrogens with zero attached hydrogens (tertiary/aromatic N) is 1. The van der Waals surface area contributed by atoms with E-state index in [0.29, 0.717) is 11.2 Å². The van der Waals surface area contributed by atoms with Gasteiger partial charge in [0.25, 0.3) is 0 Å². The number of pyridine rings is 1.